The van der Waals surface area contributed by atoms with E-state index in [1.165, 1.54) is 12.0 Å². The molecule has 2 N–H and O–H groups in total. The highest BCUT2D eigenvalue weighted by Crippen LogP contribution is 2.36. The van der Waals surface area contributed by atoms with Gasteiger partial charge < -0.3 is 15.4 Å². The van der Waals surface area contributed by atoms with Crippen LogP contribution in [0, 0.1) is 0 Å². The lowest BCUT2D eigenvalue weighted by atomic mass is 9.99. The van der Waals surface area contributed by atoms with E-state index >= 15 is 0 Å². The van der Waals surface area contributed by atoms with Crippen LogP contribution in [0.25, 0.3) is 33.4 Å². The Morgan fingerprint density at radius 3 is 2.29 bits per heavy atom. The van der Waals surface area contributed by atoms with Gasteiger partial charge in [0, 0.05) is 33.3 Å². The van der Waals surface area contributed by atoms with Crippen LogP contribution in [0.15, 0.2) is 63.8 Å². The molecule has 1 aliphatic heterocycles. The van der Waals surface area contributed by atoms with E-state index in [-0.39, 0.29) is 0 Å². The van der Waals surface area contributed by atoms with Crippen molar-refractivity contribution in [2.75, 3.05) is 36.9 Å². The molecule has 1 saturated heterocycles. The van der Waals surface area contributed by atoms with Crippen molar-refractivity contribution in [1.82, 2.24) is 15.0 Å². The molecule has 1 fully saturated rings. The molecule has 0 aliphatic carbocycles. The number of ether oxygens (including phenoxy) is 1. The molecule has 0 spiro atoms. The number of anilines is 2. The largest absolute Gasteiger partial charge is 0.383 e. The Balaban J connectivity index is 1.63. The first-order chi connectivity index (χ1) is 15.1. The van der Waals surface area contributed by atoms with Gasteiger partial charge in [-0.25, -0.2) is 15.0 Å². The van der Waals surface area contributed by atoms with Gasteiger partial charge in [0.25, 0.3) is 0 Å². The third-order valence-corrected chi connectivity index (χ3v) is 6.26. The minimum absolute atomic E-state index is 0.415. The summed E-state index contributed by atoms with van der Waals surface area (Å²) in [6, 6.07) is 16.6. The summed E-state index contributed by atoms with van der Waals surface area (Å²) in [5, 5.41) is 0.751. The van der Waals surface area contributed by atoms with Gasteiger partial charge >= 0.3 is 0 Å². The molecular weight excluding hydrogens is 522 g/mol. The quantitative estimate of drug-likeness (QED) is 0.380. The van der Waals surface area contributed by atoms with E-state index in [1.807, 2.05) is 6.07 Å². The molecule has 0 bridgehead atoms. The maximum atomic E-state index is 6.23. The van der Waals surface area contributed by atoms with E-state index in [9.17, 15) is 0 Å². The molecule has 0 amide bonds. The van der Waals surface area contributed by atoms with Crippen molar-refractivity contribution < 1.29 is 4.74 Å². The maximum Gasteiger partial charge on any atom is 0.165 e. The molecule has 1 aliphatic rings. The Labute approximate surface area is 196 Å². The van der Waals surface area contributed by atoms with Crippen molar-refractivity contribution in [1.29, 1.82) is 0 Å². The fourth-order valence-electron chi connectivity index (χ4n) is 3.84. The molecule has 6 nitrogen and oxygen atoms in total. The molecule has 3 heterocycles. The van der Waals surface area contributed by atoms with E-state index in [0.717, 1.165) is 63.0 Å². The summed E-state index contributed by atoms with van der Waals surface area (Å²) in [6.07, 6.45) is 1.45. The fourth-order valence-corrected chi connectivity index (χ4v) is 5.13. The fraction of sp³-hybridized carbons (Fsp3) is 0.174. The number of hydrogen-bond donors (Lipinski definition) is 1. The summed E-state index contributed by atoms with van der Waals surface area (Å²) in [5.74, 6) is 0.415. The van der Waals surface area contributed by atoms with Gasteiger partial charge in [-0.15, -0.1) is 0 Å². The SMILES string of the molecule is Nc1ncnc2nc(-c3ccc(N4CCOCC4)cc3)cc(-c3cc(Br)cc(Br)c3)c12. The van der Waals surface area contributed by atoms with Crippen molar-refractivity contribution in [3.8, 4) is 22.4 Å². The lowest BCUT2D eigenvalue weighted by Crippen LogP contribution is -2.36. The van der Waals surface area contributed by atoms with Gasteiger partial charge in [-0.05, 0) is 47.5 Å². The molecule has 2 aromatic heterocycles. The molecule has 156 valence electrons. The minimum atomic E-state index is 0.415. The highest BCUT2D eigenvalue weighted by molar-refractivity contribution is 9.11. The second-order valence-corrected chi connectivity index (χ2v) is 9.15. The number of hydrogen-bond acceptors (Lipinski definition) is 6. The minimum Gasteiger partial charge on any atom is -0.383 e. The van der Waals surface area contributed by atoms with Crippen LogP contribution in [-0.2, 0) is 4.74 Å². The van der Waals surface area contributed by atoms with Crippen LogP contribution in [-0.4, -0.2) is 41.3 Å². The number of pyridine rings is 1. The molecule has 0 atom stereocenters. The molecule has 0 unspecified atom stereocenters. The standard InChI is InChI=1S/C23H19Br2N5O/c24-16-9-15(10-17(25)11-16)19-12-20(29-23-21(19)22(26)27-13-28-23)14-1-3-18(4-2-14)30-5-7-31-8-6-30/h1-4,9-13H,5-8H2,(H2,26,27,28,29). The molecule has 0 radical (unpaired) electrons. The van der Waals surface area contributed by atoms with Crippen LogP contribution in [0.1, 0.15) is 0 Å². The third-order valence-electron chi connectivity index (χ3n) is 5.35. The van der Waals surface area contributed by atoms with E-state index < -0.39 is 0 Å². The van der Waals surface area contributed by atoms with Gasteiger partial charge in [0.05, 0.1) is 24.3 Å². The number of nitrogen functional groups attached to an aromatic ring is 1. The number of benzene rings is 2. The number of halogens is 2. The zero-order chi connectivity index (χ0) is 21.4. The summed E-state index contributed by atoms with van der Waals surface area (Å²) in [6.45, 7) is 3.35. The second-order valence-electron chi connectivity index (χ2n) is 7.32. The summed E-state index contributed by atoms with van der Waals surface area (Å²) >= 11 is 7.16. The first kappa shape index (κ1) is 20.4. The summed E-state index contributed by atoms with van der Waals surface area (Å²) in [7, 11) is 0. The normalized spacial score (nSPS) is 14.2. The lowest BCUT2D eigenvalue weighted by Gasteiger charge is -2.28. The number of nitrogens with zero attached hydrogens (tertiary/aromatic N) is 4. The molecule has 8 heteroatoms. The highest BCUT2D eigenvalue weighted by atomic mass is 79.9. The first-order valence-corrected chi connectivity index (χ1v) is 11.5. The van der Waals surface area contributed by atoms with Crippen molar-refractivity contribution in [3.63, 3.8) is 0 Å². The van der Waals surface area contributed by atoms with Crippen molar-refractivity contribution in [3.05, 3.63) is 63.8 Å². The topological polar surface area (TPSA) is 77.2 Å². The van der Waals surface area contributed by atoms with Crippen LogP contribution in [0.3, 0.4) is 0 Å². The molecular formula is C23H19Br2N5O. The summed E-state index contributed by atoms with van der Waals surface area (Å²) < 4.78 is 7.39. The maximum absolute atomic E-state index is 6.23. The van der Waals surface area contributed by atoms with Gasteiger partial charge in [-0.1, -0.05) is 44.0 Å². The van der Waals surface area contributed by atoms with Crippen LogP contribution in [0.2, 0.25) is 0 Å². The Bertz CT molecular complexity index is 1240. The third kappa shape index (κ3) is 4.15. The van der Waals surface area contributed by atoms with Crippen LogP contribution in [0.4, 0.5) is 11.5 Å². The van der Waals surface area contributed by atoms with Crippen molar-refractivity contribution in [2.45, 2.75) is 0 Å². The van der Waals surface area contributed by atoms with Crippen LogP contribution < -0.4 is 10.6 Å². The average Bonchev–Trinajstić information content (AvgIpc) is 2.78. The molecule has 0 saturated carbocycles. The first-order valence-electron chi connectivity index (χ1n) is 9.89. The summed E-state index contributed by atoms with van der Waals surface area (Å²) in [4.78, 5) is 15.7. The number of aromatic nitrogens is 3. The van der Waals surface area contributed by atoms with E-state index in [0.29, 0.717) is 11.5 Å². The summed E-state index contributed by atoms with van der Waals surface area (Å²) in [5.41, 5.74) is 11.8. The Morgan fingerprint density at radius 2 is 1.58 bits per heavy atom. The van der Waals surface area contributed by atoms with Gasteiger partial charge in [-0.2, -0.15) is 0 Å². The van der Waals surface area contributed by atoms with Gasteiger partial charge in [0.1, 0.15) is 12.1 Å². The predicted molar refractivity (Wildman–Crippen MR) is 131 cm³/mol. The number of morpholine rings is 1. The lowest BCUT2D eigenvalue weighted by molar-refractivity contribution is 0.122. The smallest absolute Gasteiger partial charge is 0.165 e. The van der Waals surface area contributed by atoms with E-state index in [1.54, 1.807) is 0 Å². The van der Waals surface area contributed by atoms with Gasteiger partial charge in [0.2, 0.25) is 0 Å². The number of nitrogens with two attached hydrogens (primary N) is 1. The van der Waals surface area contributed by atoms with E-state index in [2.05, 4.69) is 89.2 Å². The molecule has 31 heavy (non-hydrogen) atoms. The Morgan fingerprint density at radius 1 is 0.871 bits per heavy atom. The zero-order valence-electron chi connectivity index (χ0n) is 16.6. The molecule has 2 aromatic carbocycles. The molecule has 4 aromatic rings. The molecule has 5 rings (SSSR count). The average molecular weight is 541 g/mol. The highest BCUT2D eigenvalue weighted by Gasteiger charge is 2.16. The van der Waals surface area contributed by atoms with E-state index in [4.69, 9.17) is 15.5 Å². The monoisotopic (exact) mass is 539 g/mol. The van der Waals surface area contributed by atoms with Gasteiger partial charge in [-0.3, -0.25) is 0 Å². The van der Waals surface area contributed by atoms with Gasteiger partial charge in [0.15, 0.2) is 5.65 Å². The van der Waals surface area contributed by atoms with Crippen molar-refractivity contribution in [2.24, 2.45) is 0 Å². The van der Waals surface area contributed by atoms with Crippen molar-refractivity contribution >= 4 is 54.4 Å². The number of rotatable bonds is 3. The van der Waals surface area contributed by atoms with Crippen LogP contribution >= 0.6 is 31.9 Å². The number of fused-ring (bicyclic) bond motifs is 1. The zero-order valence-corrected chi connectivity index (χ0v) is 19.7. The Kier molecular flexibility index (Phi) is 5.60. The Hall–Kier alpha value is -2.55. The second kappa shape index (κ2) is 8.53. The predicted octanol–water partition coefficient (Wildman–Crippen LogP) is 5.30. The van der Waals surface area contributed by atoms with Crippen LogP contribution in [0.5, 0.6) is 0 Å².